The Labute approximate surface area is 122 Å². The zero-order chi connectivity index (χ0) is 15.0. The lowest BCUT2D eigenvalue weighted by molar-refractivity contribution is 0.248. The topological polar surface area (TPSA) is 44.4 Å². The van der Waals surface area contributed by atoms with Crippen LogP contribution in [0.2, 0.25) is 0 Å². The van der Waals surface area contributed by atoms with Gasteiger partial charge in [-0.05, 0) is 17.7 Å². The van der Waals surface area contributed by atoms with Gasteiger partial charge in [0.05, 0.1) is 11.7 Å². The number of carbonyl (C=O) groups excluding carboxylic acids is 1. The van der Waals surface area contributed by atoms with Crippen molar-refractivity contribution in [3.05, 3.63) is 59.4 Å². The summed E-state index contributed by atoms with van der Waals surface area (Å²) in [4.78, 5) is 13.8. The van der Waals surface area contributed by atoms with Gasteiger partial charge in [-0.25, -0.2) is 9.18 Å². The molecule has 0 radical (unpaired) electrons. The standard InChI is InChI=1S/C16H16FN3O/c1-20(2)12-9-8-11(17)15-13(12)14(18-16(21)19-15)10-6-4-3-5-7-10/h3-9,14H,1-2H3,(H2,18,19,21). The summed E-state index contributed by atoms with van der Waals surface area (Å²) in [7, 11) is 3.79. The van der Waals surface area contributed by atoms with E-state index in [4.69, 9.17) is 0 Å². The van der Waals surface area contributed by atoms with Gasteiger partial charge in [-0.2, -0.15) is 0 Å². The predicted molar refractivity (Wildman–Crippen MR) is 81.2 cm³/mol. The number of urea groups is 1. The third kappa shape index (κ3) is 2.31. The molecule has 0 bridgehead atoms. The van der Waals surface area contributed by atoms with Gasteiger partial charge in [-0.1, -0.05) is 30.3 Å². The molecule has 1 unspecified atom stereocenters. The summed E-state index contributed by atoms with van der Waals surface area (Å²) in [6, 6.07) is 11.9. The Hall–Kier alpha value is -2.56. The number of nitrogens with one attached hydrogen (secondary N) is 2. The molecule has 0 aliphatic carbocycles. The van der Waals surface area contributed by atoms with Crippen LogP contribution in [-0.2, 0) is 0 Å². The fraction of sp³-hybridized carbons (Fsp3) is 0.188. The number of halogens is 1. The van der Waals surface area contributed by atoms with Crippen molar-refractivity contribution in [2.24, 2.45) is 0 Å². The van der Waals surface area contributed by atoms with Crippen LogP contribution >= 0.6 is 0 Å². The molecule has 5 heteroatoms. The first-order chi connectivity index (χ1) is 10.1. The first-order valence-electron chi connectivity index (χ1n) is 6.70. The van der Waals surface area contributed by atoms with Gasteiger partial charge in [0, 0.05) is 25.3 Å². The molecule has 0 aromatic heterocycles. The summed E-state index contributed by atoms with van der Waals surface area (Å²) in [6.07, 6.45) is 0. The highest BCUT2D eigenvalue weighted by molar-refractivity contribution is 5.95. The molecule has 1 aliphatic heterocycles. The fourth-order valence-corrected chi connectivity index (χ4v) is 2.64. The number of rotatable bonds is 2. The molecule has 2 aromatic carbocycles. The highest BCUT2D eigenvalue weighted by Gasteiger charge is 2.30. The lowest BCUT2D eigenvalue weighted by Crippen LogP contribution is -2.39. The van der Waals surface area contributed by atoms with Crippen LogP contribution in [0.1, 0.15) is 17.2 Å². The number of hydrogen-bond acceptors (Lipinski definition) is 2. The highest BCUT2D eigenvalue weighted by atomic mass is 19.1. The molecule has 1 atom stereocenters. The Kier molecular flexibility index (Phi) is 3.25. The van der Waals surface area contributed by atoms with Crippen LogP contribution in [0.5, 0.6) is 0 Å². The van der Waals surface area contributed by atoms with E-state index in [0.29, 0.717) is 0 Å². The number of nitrogens with zero attached hydrogens (tertiary/aromatic N) is 1. The number of fused-ring (bicyclic) bond motifs is 1. The first-order valence-corrected chi connectivity index (χ1v) is 6.70. The van der Waals surface area contributed by atoms with E-state index in [2.05, 4.69) is 10.6 Å². The highest BCUT2D eigenvalue weighted by Crippen LogP contribution is 2.39. The van der Waals surface area contributed by atoms with E-state index in [1.165, 1.54) is 6.07 Å². The van der Waals surface area contributed by atoms with Gasteiger partial charge in [0.25, 0.3) is 0 Å². The largest absolute Gasteiger partial charge is 0.377 e. The van der Waals surface area contributed by atoms with Crippen molar-refractivity contribution in [1.82, 2.24) is 5.32 Å². The van der Waals surface area contributed by atoms with Crippen LogP contribution in [0, 0.1) is 5.82 Å². The average Bonchev–Trinajstić information content (AvgIpc) is 2.48. The fourth-order valence-electron chi connectivity index (χ4n) is 2.64. The molecule has 3 rings (SSSR count). The van der Waals surface area contributed by atoms with Crippen LogP contribution in [0.4, 0.5) is 20.6 Å². The first kappa shape index (κ1) is 13.4. The van der Waals surface area contributed by atoms with Crippen molar-refractivity contribution in [2.75, 3.05) is 24.3 Å². The van der Waals surface area contributed by atoms with E-state index in [1.54, 1.807) is 6.07 Å². The molecular weight excluding hydrogens is 269 g/mol. The van der Waals surface area contributed by atoms with Gasteiger partial charge in [0.1, 0.15) is 5.82 Å². The van der Waals surface area contributed by atoms with Gasteiger partial charge in [-0.3, -0.25) is 0 Å². The molecule has 1 heterocycles. The van der Waals surface area contributed by atoms with Crippen molar-refractivity contribution in [3.8, 4) is 0 Å². The molecule has 2 amide bonds. The minimum Gasteiger partial charge on any atom is -0.377 e. The summed E-state index contributed by atoms with van der Waals surface area (Å²) in [5.74, 6) is -0.425. The molecule has 4 nitrogen and oxygen atoms in total. The summed E-state index contributed by atoms with van der Waals surface area (Å²) < 4.78 is 14.1. The van der Waals surface area contributed by atoms with E-state index >= 15 is 0 Å². The van der Waals surface area contributed by atoms with Gasteiger partial charge in [0.15, 0.2) is 0 Å². The monoisotopic (exact) mass is 285 g/mol. The van der Waals surface area contributed by atoms with Gasteiger partial charge < -0.3 is 15.5 Å². The van der Waals surface area contributed by atoms with Crippen LogP contribution in [0.15, 0.2) is 42.5 Å². The van der Waals surface area contributed by atoms with Crippen molar-refractivity contribution >= 4 is 17.4 Å². The zero-order valence-electron chi connectivity index (χ0n) is 11.9. The van der Waals surface area contributed by atoms with E-state index in [9.17, 15) is 9.18 Å². The second-order valence-corrected chi connectivity index (χ2v) is 5.19. The number of amides is 2. The van der Waals surface area contributed by atoms with Crippen LogP contribution < -0.4 is 15.5 Å². The van der Waals surface area contributed by atoms with E-state index < -0.39 is 11.8 Å². The van der Waals surface area contributed by atoms with E-state index in [1.807, 2.05) is 49.3 Å². The number of benzene rings is 2. The summed E-state index contributed by atoms with van der Waals surface area (Å²) in [5.41, 5.74) is 2.78. The smallest absolute Gasteiger partial charge is 0.320 e. The van der Waals surface area contributed by atoms with Crippen molar-refractivity contribution in [3.63, 3.8) is 0 Å². The molecule has 2 N–H and O–H groups in total. The van der Waals surface area contributed by atoms with Crippen LogP contribution in [0.3, 0.4) is 0 Å². The van der Waals surface area contributed by atoms with Gasteiger partial charge in [0.2, 0.25) is 0 Å². The number of carbonyl (C=O) groups is 1. The maximum atomic E-state index is 14.1. The molecule has 0 spiro atoms. The Balaban J connectivity index is 2.23. The molecule has 0 saturated carbocycles. The van der Waals surface area contributed by atoms with Crippen LogP contribution in [0.25, 0.3) is 0 Å². The normalized spacial score (nSPS) is 16.7. The Morgan fingerprint density at radius 2 is 1.81 bits per heavy atom. The minimum atomic E-state index is -0.425. The Bertz CT molecular complexity index is 685. The predicted octanol–water partition coefficient (Wildman–Crippen LogP) is 3.12. The number of anilines is 2. The summed E-state index contributed by atoms with van der Waals surface area (Å²) in [5, 5.41) is 5.44. The number of hydrogen-bond donors (Lipinski definition) is 2. The molecule has 2 aromatic rings. The van der Waals surface area contributed by atoms with Gasteiger partial charge >= 0.3 is 6.03 Å². The molecule has 1 aliphatic rings. The maximum Gasteiger partial charge on any atom is 0.320 e. The second kappa shape index (κ2) is 5.09. The molecule has 21 heavy (non-hydrogen) atoms. The Morgan fingerprint density at radius 1 is 1.10 bits per heavy atom. The van der Waals surface area contributed by atoms with Gasteiger partial charge in [-0.15, -0.1) is 0 Å². The Morgan fingerprint density at radius 3 is 2.48 bits per heavy atom. The zero-order valence-corrected chi connectivity index (χ0v) is 11.9. The van der Waals surface area contributed by atoms with Crippen molar-refractivity contribution in [2.45, 2.75) is 6.04 Å². The molecule has 0 fully saturated rings. The molecule has 0 saturated heterocycles. The average molecular weight is 285 g/mol. The second-order valence-electron chi connectivity index (χ2n) is 5.19. The van der Waals surface area contributed by atoms with E-state index in [-0.39, 0.29) is 11.7 Å². The lowest BCUT2D eigenvalue weighted by Gasteiger charge is -2.32. The quantitative estimate of drug-likeness (QED) is 0.890. The van der Waals surface area contributed by atoms with Crippen molar-refractivity contribution in [1.29, 1.82) is 0 Å². The maximum absolute atomic E-state index is 14.1. The lowest BCUT2D eigenvalue weighted by atomic mass is 9.93. The van der Waals surface area contributed by atoms with E-state index in [0.717, 1.165) is 16.8 Å². The third-order valence-electron chi connectivity index (χ3n) is 3.59. The molecule has 108 valence electrons. The van der Waals surface area contributed by atoms with Crippen LogP contribution in [-0.4, -0.2) is 20.1 Å². The SMILES string of the molecule is CN(C)c1ccc(F)c2c1C(c1ccccc1)NC(=O)N2. The molecular formula is C16H16FN3O. The minimum absolute atomic E-state index is 0.249. The summed E-state index contributed by atoms with van der Waals surface area (Å²) in [6.45, 7) is 0. The third-order valence-corrected chi connectivity index (χ3v) is 3.59. The summed E-state index contributed by atoms with van der Waals surface area (Å²) >= 11 is 0. The van der Waals surface area contributed by atoms with Crippen molar-refractivity contribution < 1.29 is 9.18 Å².